The van der Waals surface area contributed by atoms with Gasteiger partial charge >= 0.3 is 6.36 Å². The topological polar surface area (TPSA) is 79.5 Å². The highest BCUT2D eigenvalue weighted by Gasteiger charge is 2.31. The molecule has 0 aliphatic heterocycles. The summed E-state index contributed by atoms with van der Waals surface area (Å²) in [4.78, 5) is 23.7. The van der Waals surface area contributed by atoms with Gasteiger partial charge in [0.25, 0.3) is 0 Å². The van der Waals surface area contributed by atoms with Crippen molar-refractivity contribution in [3.8, 4) is 5.75 Å². The number of benzene rings is 2. The van der Waals surface area contributed by atoms with E-state index in [1.54, 1.807) is 25.1 Å². The van der Waals surface area contributed by atoms with Crippen molar-refractivity contribution in [3.63, 3.8) is 0 Å². The van der Waals surface area contributed by atoms with Crippen LogP contribution in [-0.2, 0) is 9.59 Å². The first-order chi connectivity index (χ1) is 13.1. The maximum absolute atomic E-state index is 12.2. The molecule has 0 heterocycles. The van der Waals surface area contributed by atoms with Crippen LogP contribution in [0.4, 0.5) is 24.5 Å². The number of hydrogen-bond donors (Lipinski definition) is 3. The fourth-order valence-electron chi connectivity index (χ4n) is 2.16. The fraction of sp³-hybridized carbons (Fsp3) is 0.222. The van der Waals surface area contributed by atoms with E-state index in [1.165, 1.54) is 12.1 Å². The molecule has 0 radical (unpaired) electrons. The quantitative estimate of drug-likeness (QED) is 0.644. The average Bonchev–Trinajstić information content (AvgIpc) is 2.61. The molecular weight excluding hydrogens is 399 g/mol. The van der Waals surface area contributed by atoms with E-state index >= 15 is 0 Å². The molecule has 2 aromatic rings. The molecule has 0 bridgehead atoms. The summed E-state index contributed by atoms with van der Waals surface area (Å²) in [6.45, 7) is 1.24. The zero-order chi connectivity index (χ0) is 20.7. The molecule has 0 aromatic heterocycles. The van der Waals surface area contributed by atoms with Crippen molar-refractivity contribution < 1.29 is 27.5 Å². The van der Waals surface area contributed by atoms with Crippen LogP contribution in [0.15, 0.2) is 42.5 Å². The van der Waals surface area contributed by atoms with Crippen molar-refractivity contribution in [2.24, 2.45) is 0 Å². The van der Waals surface area contributed by atoms with E-state index in [-0.39, 0.29) is 18.8 Å². The van der Waals surface area contributed by atoms with Crippen molar-refractivity contribution in [1.29, 1.82) is 0 Å². The van der Waals surface area contributed by atoms with Crippen LogP contribution >= 0.6 is 11.6 Å². The number of alkyl halides is 3. The average molecular weight is 416 g/mol. The Labute approximate surface area is 164 Å². The monoisotopic (exact) mass is 415 g/mol. The van der Waals surface area contributed by atoms with Gasteiger partial charge in [0.1, 0.15) is 5.75 Å². The molecule has 0 saturated carbocycles. The second-order valence-electron chi connectivity index (χ2n) is 5.67. The number of halogens is 4. The Kier molecular flexibility index (Phi) is 7.11. The highest BCUT2D eigenvalue weighted by Crippen LogP contribution is 2.25. The van der Waals surface area contributed by atoms with Crippen LogP contribution in [0.5, 0.6) is 5.75 Å². The van der Waals surface area contributed by atoms with Crippen LogP contribution in [0.1, 0.15) is 5.56 Å². The first kappa shape index (κ1) is 21.4. The Morgan fingerprint density at radius 2 is 1.79 bits per heavy atom. The number of carbonyl (C=O) groups is 2. The van der Waals surface area contributed by atoms with E-state index < -0.39 is 23.9 Å². The van der Waals surface area contributed by atoms with Crippen LogP contribution in [0, 0.1) is 6.92 Å². The van der Waals surface area contributed by atoms with Gasteiger partial charge in [-0.15, -0.1) is 13.2 Å². The van der Waals surface area contributed by atoms with E-state index in [2.05, 4.69) is 20.7 Å². The van der Waals surface area contributed by atoms with Crippen molar-refractivity contribution in [1.82, 2.24) is 5.32 Å². The molecule has 0 aliphatic carbocycles. The Morgan fingerprint density at radius 3 is 2.50 bits per heavy atom. The largest absolute Gasteiger partial charge is 0.573 e. The van der Waals surface area contributed by atoms with Gasteiger partial charge in [-0.25, -0.2) is 0 Å². The van der Waals surface area contributed by atoms with E-state index in [0.717, 1.165) is 12.1 Å². The number of carbonyl (C=O) groups excluding carboxylic acids is 2. The zero-order valence-electron chi connectivity index (χ0n) is 14.7. The number of ether oxygens (including phenoxy) is 1. The molecule has 150 valence electrons. The fourth-order valence-corrected chi connectivity index (χ4v) is 2.34. The van der Waals surface area contributed by atoms with Gasteiger partial charge in [-0.05, 0) is 36.8 Å². The summed E-state index contributed by atoms with van der Waals surface area (Å²) >= 11 is 5.97. The lowest BCUT2D eigenvalue weighted by Crippen LogP contribution is -2.36. The van der Waals surface area contributed by atoms with Gasteiger partial charge in [-0.1, -0.05) is 23.7 Å². The Bertz CT molecular complexity index is 859. The summed E-state index contributed by atoms with van der Waals surface area (Å²) in [5, 5.41) is 8.18. The standard InChI is InChI=1S/C18H17ClF3N3O3/c1-11-14(19)6-3-7-15(11)25-17(27)10-24-16(26)9-23-12-4-2-5-13(8-12)28-18(20,21)22/h2-8,23H,9-10H2,1H3,(H,24,26)(H,25,27). The van der Waals surface area contributed by atoms with Gasteiger partial charge in [0.2, 0.25) is 11.8 Å². The lowest BCUT2D eigenvalue weighted by molar-refractivity contribution is -0.274. The third kappa shape index (κ3) is 6.99. The number of amides is 2. The van der Waals surface area contributed by atoms with Gasteiger partial charge in [0, 0.05) is 22.5 Å². The summed E-state index contributed by atoms with van der Waals surface area (Å²) in [6.07, 6.45) is -4.80. The highest BCUT2D eigenvalue weighted by atomic mass is 35.5. The van der Waals surface area contributed by atoms with Gasteiger partial charge in [-0.2, -0.15) is 0 Å². The van der Waals surface area contributed by atoms with Gasteiger partial charge < -0.3 is 20.7 Å². The molecule has 0 saturated heterocycles. The van der Waals surface area contributed by atoms with Crippen molar-refractivity contribution in [2.75, 3.05) is 23.7 Å². The van der Waals surface area contributed by atoms with Gasteiger partial charge in [0.05, 0.1) is 13.1 Å². The molecule has 0 atom stereocenters. The first-order valence-corrected chi connectivity index (χ1v) is 8.43. The molecule has 2 aromatic carbocycles. The summed E-state index contributed by atoms with van der Waals surface area (Å²) in [6, 6.07) is 10.1. The molecule has 0 aliphatic rings. The Balaban J connectivity index is 1.79. The van der Waals surface area contributed by atoms with Crippen LogP contribution in [0.25, 0.3) is 0 Å². The minimum absolute atomic E-state index is 0.237. The van der Waals surface area contributed by atoms with Gasteiger partial charge in [-0.3, -0.25) is 9.59 Å². The predicted octanol–water partition coefficient (Wildman–Crippen LogP) is 3.71. The lowest BCUT2D eigenvalue weighted by atomic mass is 10.2. The van der Waals surface area contributed by atoms with Crippen LogP contribution in [-0.4, -0.2) is 31.3 Å². The molecule has 0 fully saturated rings. The number of nitrogens with one attached hydrogen (secondary N) is 3. The van der Waals surface area contributed by atoms with Crippen molar-refractivity contribution in [3.05, 3.63) is 53.1 Å². The second-order valence-corrected chi connectivity index (χ2v) is 6.07. The van der Waals surface area contributed by atoms with Crippen LogP contribution in [0.2, 0.25) is 5.02 Å². The van der Waals surface area contributed by atoms with Gasteiger partial charge in [0.15, 0.2) is 0 Å². The first-order valence-electron chi connectivity index (χ1n) is 8.05. The second kappa shape index (κ2) is 9.32. The predicted molar refractivity (Wildman–Crippen MR) is 99.4 cm³/mol. The van der Waals surface area contributed by atoms with Crippen molar-refractivity contribution in [2.45, 2.75) is 13.3 Å². The molecular formula is C18H17ClF3N3O3. The SMILES string of the molecule is Cc1c(Cl)cccc1NC(=O)CNC(=O)CNc1cccc(OC(F)(F)F)c1. The summed E-state index contributed by atoms with van der Waals surface area (Å²) in [5.74, 6) is -1.37. The summed E-state index contributed by atoms with van der Waals surface area (Å²) < 4.78 is 40.4. The third-order valence-electron chi connectivity index (χ3n) is 3.51. The molecule has 10 heteroatoms. The lowest BCUT2D eigenvalue weighted by Gasteiger charge is -2.12. The summed E-state index contributed by atoms with van der Waals surface area (Å²) in [5.41, 5.74) is 1.49. The third-order valence-corrected chi connectivity index (χ3v) is 3.92. The van der Waals surface area contributed by atoms with E-state index in [4.69, 9.17) is 11.6 Å². The van der Waals surface area contributed by atoms with E-state index in [9.17, 15) is 22.8 Å². The number of hydrogen-bond acceptors (Lipinski definition) is 4. The maximum atomic E-state index is 12.2. The number of anilines is 2. The van der Waals surface area contributed by atoms with E-state index in [1.807, 2.05) is 0 Å². The molecule has 0 spiro atoms. The molecule has 0 unspecified atom stereocenters. The molecule has 2 amide bonds. The Hall–Kier alpha value is -2.94. The van der Waals surface area contributed by atoms with Crippen LogP contribution in [0.3, 0.4) is 0 Å². The molecule has 3 N–H and O–H groups in total. The minimum Gasteiger partial charge on any atom is -0.406 e. The zero-order valence-corrected chi connectivity index (χ0v) is 15.4. The van der Waals surface area contributed by atoms with Crippen LogP contribution < -0.4 is 20.7 Å². The summed E-state index contributed by atoms with van der Waals surface area (Å²) in [7, 11) is 0. The smallest absolute Gasteiger partial charge is 0.406 e. The minimum atomic E-state index is -4.80. The molecule has 2 rings (SSSR count). The van der Waals surface area contributed by atoms with E-state index in [0.29, 0.717) is 16.3 Å². The number of rotatable bonds is 7. The Morgan fingerprint density at radius 1 is 1.07 bits per heavy atom. The normalized spacial score (nSPS) is 10.9. The molecule has 6 nitrogen and oxygen atoms in total. The maximum Gasteiger partial charge on any atom is 0.573 e. The van der Waals surface area contributed by atoms with Crippen molar-refractivity contribution >= 4 is 34.8 Å². The highest BCUT2D eigenvalue weighted by molar-refractivity contribution is 6.31. The molecule has 28 heavy (non-hydrogen) atoms.